The average molecular weight is 306 g/mol. The molecule has 0 unspecified atom stereocenters. The molecule has 0 saturated heterocycles. The first-order valence-electron chi connectivity index (χ1n) is 6.73. The van der Waals surface area contributed by atoms with Crippen LogP contribution < -0.4 is 5.32 Å². The minimum Gasteiger partial charge on any atom is -0.379 e. The second-order valence-electron chi connectivity index (χ2n) is 4.64. The van der Waals surface area contributed by atoms with Crippen LogP contribution in [0.4, 0.5) is 11.4 Å². The summed E-state index contributed by atoms with van der Waals surface area (Å²) in [6, 6.07) is 5.21. The summed E-state index contributed by atoms with van der Waals surface area (Å²) in [5, 5.41) is 15.1. The summed E-state index contributed by atoms with van der Waals surface area (Å²) in [5.41, 5.74) is 1.74. The van der Waals surface area contributed by atoms with Gasteiger partial charge in [0.05, 0.1) is 4.92 Å². The van der Waals surface area contributed by atoms with Crippen LogP contribution in [0.1, 0.15) is 18.9 Å². The Bertz CT molecular complexity index is 627. The number of aryl methyl sites for hydroxylation is 1. The fourth-order valence-corrected chi connectivity index (χ4v) is 2.75. The van der Waals surface area contributed by atoms with Crippen LogP contribution in [0.3, 0.4) is 0 Å². The van der Waals surface area contributed by atoms with Crippen LogP contribution in [0.5, 0.6) is 0 Å². The SMILES string of the molecule is CCCNc1cc(CSc2nccn2C)ccc1[N+](=O)[O-]. The molecule has 1 aromatic carbocycles. The molecular weight excluding hydrogens is 288 g/mol. The third-order valence-corrected chi connectivity index (χ3v) is 4.10. The Morgan fingerprint density at radius 3 is 2.90 bits per heavy atom. The number of imidazole rings is 1. The number of nitrogens with one attached hydrogen (secondary N) is 1. The summed E-state index contributed by atoms with van der Waals surface area (Å²) in [4.78, 5) is 14.9. The third-order valence-electron chi connectivity index (χ3n) is 2.97. The fourth-order valence-electron chi connectivity index (χ4n) is 1.87. The van der Waals surface area contributed by atoms with Gasteiger partial charge in [0.2, 0.25) is 0 Å². The highest BCUT2D eigenvalue weighted by atomic mass is 32.2. The van der Waals surface area contributed by atoms with Crippen molar-refractivity contribution in [2.45, 2.75) is 24.3 Å². The smallest absolute Gasteiger partial charge is 0.292 e. The quantitative estimate of drug-likeness (QED) is 0.482. The molecule has 1 heterocycles. The number of thioether (sulfide) groups is 1. The molecule has 7 heteroatoms. The Labute approximate surface area is 127 Å². The van der Waals surface area contributed by atoms with Crippen LogP contribution in [0.2, 0.25) is 0 Å². The lowest BCUT2D eigenvalue weighted by atomic mass is 10.2. The predicted molar refractivity (Wildman–Crippen MR) is 84.6 cm³/mol. The van der Waals surface area contributed by atoms with E-state index in [2.05, 4.69) is 10.3 Å². The molecule has 2 aromatic rings. The van der Waals surface area contributed by atoms with Gasteiger partial charge in [-0.1, -0.05) is 24.8 Å². The van der Waals surface area contributed by atoms with Gasteiger partial charge in [-0.3, -0.25) is 10.1 Å². The highest BCUT2D eigenvalue weighted by Gasteiger charge is 2.14. The minimum absolute atomic E-state index is 0.120. The number of benzene rings is 1. The van der Waals surface area contributed by atoms with Gasteiger partial charge in [-0.25, -0.2) is 4.98 Å². The van der Waals surface area contributed by atoms with Crippen LogP contribution in [-0.2, 0) is 12.8 Å². The monoisotopic (exact) mass is 306 g/mol. The first-order chi connectivity index (χ1) is 10.1. The molecule has 0 aliphatic carbocycles. The highest BCUT2D eigenvalue weighted by Crippen LogP contribution is 2.28. The van der Waals surface area contributed by atoms with Crippen molar-refractivity contribution in [1.82, 2.24) is 9.55 Å². The molecule has 0 atom stereocenters. The maximum atomic E-state index is 11.0. The molecule has 0 saturated carbocycles. The van der Waals surface area contributed by atoms with E-state index in [1.54, 1.807) is 30.1 Å². The zero-order valence-electron chi connectivity index (χ0n) is 12.1. The van der Waals surface area contributed by atoms with Crippen LogP contribution in [0.15, 0.2) is 35.7 Å². The molecule has 0 aliphatic heterocycles. The molecule has 6 nitrogen and oxygen atoms in total. The zero-order chi connectivity index (χ0) is 15.2. The summed E-state index contributed by atoms with van der Waals surface area (Å²) < 4.78 is 1.95. The van der Waals surface area contributed by atoms with Crippen molar-refractivity contribution < 1.29 is 4.92 Å². The van der Waals surface area contributed by atoms with Crippen molar-refractivity contribution in [3.8, 4) is 0 Å². The van der Waals surface area contributed by atoms with Crippen LogP contribution in [0.25, 0.3) is 0 Å². The number of nitrogens with zero attached hydrogens (tertiary/aromatic N) is 3. The zero-order valence-corrected chi connectivity index (χ0v) is 12.9. The molecule has 0 amide bonds. The Kier molecular flexibility index (Phi) is 5.21. The van der Waals surface area contributed by atoms with E-state index in [4.69, 9.17) is 0 Å². The van der Waals surface area contributed by atoms with Gasteiger partial charge in [-0.2, -0.15) is 0 Å². The predicted octanol–water partition coefficient (Wildman–Crippen LogP) is 3.44. The Hall–Kier alpha value is -2.02. The molecule has 0 bridgehead atoms. The van der Waals surface area contributed by atoms with E-state index in [9.17, 15) is 10.1 Å². The number of aromatic nitrogens is 2. The summed E-state index contributed by atoms with van der Waals surface area (Å²) in [5.74, 6) is 0.726. The normalized spacial score (nSPS) is 10.6. The third kappa shape index (κ3) is 3.98. The average Bonchev–Trinajstić information content (AvgIpc) is 2.88. The summed E-state index contributed by atoms with van der Waals surface area (Å²) >= 11 is 1.61. The minimum atomic E-state index is -0.354. The van der Waals surface area contributed by atoms with Crippen molar-refractivity contribution >= 4 is 23.1 Å². The van der Waals surface area contributed by atoms with Gasteiger partial charge < -0.3 is 9.88 Å². The number of nitro benzene ring substituents is 1. The standard InChI is InChI=1S/C14H18N4O2S/c1-3-6-15-12-9-11(4-5-13(12)18(19)20)10-21-14-16-7-8-17(14)2/h4-5,7-9,15H,3,6,10H2,1-2H3. The van der Waals surface area contributed by atoms with Crippen molar-refractivity contribution in [2.75, 3.05) is 11.9 Å². The van der Waals surface area contributed by atoms with E-state index >= 15 is 0 Å². The molecule has 0 fully saturated rings. The van der Waals surface area contributed by atoms with E-state index in [0.717, 1.165) is 29.4 Å². The van der Waals surface area contributed by atoms with E-state index < -0.39 is 0 Å². The van der Waals surface area contributed by atoms with Crippen LogP contribution in [-0.4, -0.2) is 21.0 Å². The van der Waals surface area contributed by atoms with Crippen LogP contribution in [0, 0.1) is 10.1 Å². The van der Waals surface area contributed by atoms with Gasteiger partial charge in [0.1, 0.15) is 5.69 Å². The summed E-state index contributed by atoms with van der Waals surface area (Å²) in [6.45, 7) is 2.75. The van der Waals surface area contributed by atoms with E-state index in [1.807, 2.05) is 30.8 Å². The maximum absolute atomic E-state index is 11.0. The van der Waals surface area contributed by atoms with Crippen molar-refractivity contribution in [1.29, 1.82) is 0 Å². The number of hydrogen-bond donors (Lipinski definition) is 1. The van der Waals surface area contributed by atoms with Crippen molar-refractivity contribution in [2.24, 2.45) is 7.05 Å². The lowest BCUT2D eigenvalue weighted by Crippen LogP contribution is -2.03. The molecule has 112 valence electrons. The lowest BCUT2D eigenvalue weighted by molar-refractivity contribution is -0.384. The summed E-state index contributed by atoms with van der Waals surface area (Å²) in [6.07, 6.45) is 4.57. The van der Waals surface area contributed by atoms with Gasteiger partial charge in [0.15, 0.2) is 5.16 Å². The molecular formula is C14H18N4O2S. The van der Waals surface area contributed by atoms with E-state index in [-0.39, 0.29) is 10.6 Å². The molecule has 0 aliphatic rings. The highest BCUT2D eigenvalue weighted by molar-refractivity contribution is 7.98. The second-order valence-corrected chi connectivity index (χ2v) is 5.59. The van der Waals surface area contributed by atoms with Crippen molar-refractivity contribution in [3.05, 3.63) is 46.3 Å². The molecule has 21 heavy (non-hydrogen) atoms. The fraction of sp³-hybridized carbons (Fsp3) is 0.357. The molecule has 0 radical (unpaired) electrons. The first kappa shape index (κ1) is 15.4. The van der Waals surface area contributed by atoms with Gasteiger partial charge in [0, 0.05) is 37.8 Å². The molecule has 1 aromatic heterocycles. The largest absolute Gasteiger partial charge is 0.379 e. The number of rotatable bonds is 7. The van der Waals surface area contributed by atoms with E-state index in [1.165, 1.54) is 0 Å². The summed E-state index contributed by atoms with van der Waals surface area (Å²) in [7, 11) is 1.94. The second kappa shape index (κ2) is 7.12. The van der Waals surface area contributed by atoms with Gasteiger partial charge >= 0.3 is 0 Å². The Balaban J connectivity index is 2.13. The van der Waals surface area contributed by atoms with E-state index in [0.29, 0.717) is 5.69 Å². The number of nitro groups is 1. The first-order valence-corrected chi connectivity index (χ1v) is 7.71. The van der Waals surface area contributed by atoms with Crippen molar-refractivity contribution in [3.63, 3.8) is 0 Å². The Morgan fingerprint density at radius 1 is 1.48 bits per heavy atom. The lowest BCUT2D eigenvalue weighted by Gasteiger charge is -2.08. The molecule has 2 rings (SSSR count). The van der Waals surface area contributed by atoms with Gasteiger partial charge in [0.25, 0.3) is 5.69 Å². The Morgan fingerprint density at radius 2 is 2.29 bits per heavy atom. The molecule has 1 N–H and O–H groups in total. The van der Waals surface area contributed by atoms with Gasteiger partial charge in [-0.15, -0.1) is 0 Å². The van der Waals surface area contributed by atoms with Gasteiger partial charge in [-0.05, 0) is 18.1 Å². The van der Waals surface area contributed by atoms with Crippen LogP contribution >= 0.6 is 11.8 Å². The maximum Gasteiger partial charge on any atom is 0.292 e. The number of anilines is 1. The molecule has 0 spiro atoms. The topological polar surface area (TPSA) is 73.0 Å². The number of hydrogen-bond acceptors (Lipinski definition) is 5.